The minimum Gasteiger partial charge on any atom is -0.325 e. The zero-order valence-electron chi connectivity index (χ0n) is 14.0. The van der Waals surface area contributed by atoms with Crippen LogP contribution in [0.5, 0.6) is 0 Å². The number of para-hydroxylation sites is 1. The van der Waals surface area contributed by atoms with Crippen LogP contribution < -0.4 is 5.32 Å². The quantitative estimate of drug-likeness (QED) is 0.541. The summed E-state index contributed by atoms with van der Waals surface area (Å²) >= 11 is 1.42. The minimum atomic E-state index is -0.291. The molecule has 0 unspecified atom stereocenters. The fourth-order valence-corrected chi connectivity index (χ4v) is 3.21. The summed E-state index contributed by atoms with van der Waals surface area (Å²) in [4.78, 5) is 28.2. The molecule has 2 aromatic carbocycles. The van der Waals surface area contributed by atoms with Crippen LogP contribution in [0.4, 0.5) is 5.69 Å². The number of amides is 1. The van der Waals surface area contributed by atoms with Crippen LogP contribution in [0, 0.1) is 0 Å². The Morgan fingerprint density at radius 2 is 1.72 bits per heavy atom. The molecule has 0 saturated carbocycles. The number of anilines is 1. The van der Waals surface area contributed by atoms with E-state index in [0.29, 0.717) is 11.3 Å². The predicted molar refractivity (Wildman–Crippen MR) is 102 cm³/mol. The molecule has 0 aliphatic carbocycles. The van der Waals surface area contributed by atoms with E-state index in [1.807, 2.05) is 43.3 Å². The van der Waals surface area contributed by atoms with E-state index in [9.17, 15) is 9.59 Å². The number of carbonyl (C=O) groups excluding carboxylic acids is 2. The number of pyridine rings is 1. The van der Waals surface area contributed by atoms with Crippen molar-refractivity contribution in [1.82, 2.24) is 4.98 Å². The number of hydrogen-bond acceptors (Lipinski definition) is 4. The average molecular weight is 350 g/mol. The number of rotatable bonds is 5. The average Bonchev–Trinajstić information content (AvgIpc) is 2.62. The van der Waals surface area contributed by atoms with Gasteiger partial charge in [-0.25, -0.2) is 4.98 Å². The van der Waals surface area contributed by atoms with E-state index in [4.69, 9.17) is 0 Å². The number of thioether (sulfide) groups is 1. The van der Waals surface area contributed by atoms with E-state index in [-0.39, 0.29) is 16.9 Å². The molecule has 4 nitrogen and oxygen atoms in total. The number of nitrogens with zero attached hydrogens (tertiary/aromatic N) is 1. The number of carbonyl (C=O) groups is 2. The normalized spacial score (nSPS) is 11.9. The van der Waals surface area contributed by atoms with Crippen LogP contribution in [-0.2, 0) is 4.79 Å². The first-order valence-electron chi connectivity index (χ1n) is 7.97. The van der Waals surface area contributed by atoms with E-state index < -0.39 is 0 Å². The van der Waals surface area contributed by atoms with E-state index in [1.54, 1.807) is 24.3 Å². The van der Waals surface area contributed by atoms with Gasteiger partial charge in [-0.05, 0) is 50.2 Å². The number of benzene rings is 2. The van der Waals surface area contributed by atoms with Crippen LogP contribution in [0.1, 0.15) is 24.2 Å². The monoisotopic (exact) mass is 350 g/mol. The van der Waals surface area contributed by atoms with Gasteiger partial charge in [0, 0.05) is 16.6 Å². The topological polar surface area (TPSA) is 59.1 Å². The molecule has 25 heavy (non-hydrogen) atoms. The molecule has 0 radical (unpaired) electrons. The SMILES string of the molecule is CC(=O)c1ccc(NC(=O)[C@@H](C)Sc2ccc3ccccc3n2)cc1. The molecule has 0 aliphatic heterocycles. The molecule has 3 rings (SSSR count). The number of aromatic nitrogens is 1. The van der Waals surface area contributed by atoms with E-state index >= 15 is 0 Å². The molecule has 1 aromatic heterocycles. The molecular weight excluding hydrogens is 332 g/mol. The first-order chi connectivity index (χ1) is 12.0. The second-order valence-corrected chi connectivity index (χ2v) is 7.09. The Bertz CT molecular complexity index is 922. The summed E-state index contributed by atoms with van der Waals surface area (Å²) in [5, 5.41) is 4.47. The van der Waals surface area contributed by atoms with Crippen LogP contribution in [-0.4, -0.2) is 21.9 Å². The van der Waals surface area contributed by atoms with Gasteiger partial charge in [0.1, 0.15) is 0 Å². The summed E-state index contributed by atoms with van der Waals surface area (Å²) in [6, 6.07) is 18.7. The highest BCUT2D eigenvalue weighted by molar-refractivity contribution is 8.00. The molecule has 0 aliphatic rings. The van der Waals surface area contributed by atoms with Gasteiger partial charge in [0.05, 0.1) is 15.8 Å². The van der Waals surface area contributed by atoms with E-state index in [0.717, 1.165) is 15.9 Å². The summed E-state index contributed by atoms with van der Waals surface area (Å²) in [6.07, 6.45) is 0. The zero-order chi connectivity index (χ0) is 17.8. The Labute approximate surface area is 150 Å². The number of ketones is 1. The number of fused-ring (bicyclic) bond motifs is 1. The molecule has 1 amide bonds. The first kappa shape index (κ1) is 17.2. The number of Topliss-reactive ketones (excluding diaryl/α,β-unsaturated/α-hetero) is 1. The van der Waals surface area contributed by atoms with Crippen molar-refractivity contribution in [3.63, 3.8) is 0 Å². The highest BCUT2D eigenvalue weighted by atomic mass is 32.2. The van der Waals surface area contributed by atoms with Gasteiger partial charge >= 0.3 is 0 Å². The molecule has 5 heteroatoms. The maximum Gasteiger partial charge on any atom is 0.237 e. The second kappa shape index (κ2) is 7.49. The Kier molecular flexibility index (Phi) is 5.14. The lowest BCUT2D eigenvalue weighted by Crippen LogP contribution is -2.22. The summed E-state index contributed by atoms with van der Waals surface area (Å²) < 4.78 is 0. The molecular formula is C20H18N2O2S. The first-order valence-corrected chi connectivity index (χ1v) is 8.85. The van der Waals surface area contributed by atoms with Crippen molar-refractivity contribution in [1.29, 1.82) is 0 Å². The van der Waals surface area contributed by atoms with Gasteiger partial charge in [-0.3, -0.25) is 9.59 Å². The van der Waals surface area contributed by atoms with Crippen molar-refractivity contribution in [3.8, 4) is 0 Å². The molecule has 1 N–H and O–H groups in total. The molecule has 126 valence electrons. The summed E-state index contributed by atoms with van der Waals surface area (Å²) in [5.74, 6) is -0.0975. The standard InChI is InChI=1S/C20H18N2O2S/c1-13(23)15-7-10-17(11-8-15)21-20(24)14(2)25-19-12-9-16-5-3-4-6-18(16)22-19/h3-12,14H,1-2H3,(H,21,24)/t14-/m1/s1. The lowest BCUT2D eigenvalue weighted by atomic mass is 10.1. The fourth-order valence-electron chi connectivity index (χ4n) is 2.38. The largest absolute Gasteiger partial charge is 0.325 e. The van der Waals surface area contributed by atoms with Crippen LogP contribution >= 0.6 is 11.8 Å². The van der Waals surface area contributed by atoms with Crippen LogP contribution in [0.15, 0.2) is 65.7 Å². The number of hydrogen-bond donors (Lipinski definition) is 1. The van der Waals surface area contributed by atoms with Crippen molar-refractivity contribution in [2.24, 2.45) is 0 Å². The van der Waals surface area contributed by atoms with Gasteiger partial charge < -0.3 is 5.32 Å². The Morgan fingerprint density at radius 1 is 1.00 bits per heavy atom. The Balaban J connectivity index is 1.66. The van der Waals surface area contributed by atoms with Crippen molar-refractivity contribution in [2.75, 3.05) is 5.32 Å². The van der Waals surface area contributed by atoms with Crippen molar-refractivity contribution < 1.29 is 9.59 Å². The van der Waals surface area contributed by atoms with Gasteiger partial charge in [-0.2, -0.15) is 0 Å². The van der Waals surface area contributed by atoms with Crippen molar-refractivity contribution in [3.05, 3.63) is 66.2 Å². The minimum absolute atomic E-state index is 0.00387. The highest BCUT2D eigenvalue weighted by Gasteiger charge is 2.15. The molecule has 0 saturated heterocycles. The smallest absolute Gasteiger partial charge is 0.237 e. The molecule has 1 heterocycles. The van der Waals surface area contributed by atoms with Crippen LogP contribution in [0.2, 0.25) is 0 Å². The summed E-state index contributed by atoms with van der Waals surface area (Å²) in [6.45, 7) is 3.36. The maximum absolute atomic E-state index is 12.4. The lowest BCUT2D eigenvalue weighted by Gasteiger charge is -2.12. The predicted octanol–water partition coefficient (Wildman–Crippen LogP) is 4.56. The van der Waals surface area contributed by atoms with Gasteiger partial charge in [-0.1, -0.05) is 36.0 Å². The van der Waals surface area contributed by atoms with Crippen molar-refractivity contribution >= 4 is 40.0 Å². The summed E-state index contributed by atoms with van der Waals surface area (Å²) in [7, 11) is 0. The third kappa shape index (κ3) is 4.25. The van der Waals surface area contributed by atoms with Gasteiger partial charge in [-0.15, -0.1) is 0 Å². The van der Waals surface area contributed by atoms with Gasteiger partial charge in [0.25, 0.3) is 0 Å². The van der Waals surface area contributed by atoms with E-state index in [2.05, 4.69) is 10.3 Å². The summed E-state index contributed by atoms with van der Waals surface area (Å²) in [5.41, 5.74) is 2.22. The third-order valence-corrected chi connectivity index (χ3v) is 4.84. The molecule has 1 atom stereocenters. The zero-order valence-corrected chi connectivity index (χ0v) is 14.8. The van der Waals surface area contributed by atoms with Crippen molar-refractivity contribution in [2.45, 2.75) is 24.1 Å². The molecule has 0 spiro atoms. The van der Waals surface area contributed by atoms with Gasteiger partial charge in [0.15, 0.2) is 5.78 Å². The highest BCUT2D eigenvalue weighted by Crippen LogP contribution is 2.25. The maximum atomic E-state index is 12.4. The second-order valence-electron chi connectivity index (χ2n) is 5.73. The Hall–Kier alpha value is -2.66. The van der Waals surface area contributed by atoms with Crippen LogP contribution in [0.3, 0.4) is 0 Å². The number of nitrogens with one attached hydrogen (secondary N) is 1. The third-order valence-electron chi connectivity index (χ3n) is 3.80. The molecule has 0 bridgehead atoms. The molecule has 0 fully saturated rings. The Morgan fingerprint density at radius 3 is 2.44 bits per heavy atom. The fraction of sp³-hybridized carbons (Fsp3) is 0.150. The molecule has 3 aromatic rings. The van der Waals surface area contributed by atoms with Gasteiger partial charge in [0.2, 0.25) is 5.91 Å². The van der Waals surface area contributed by atoms with E-state index in [1.165, 1.54) is 18.7 Å². The van der Waals surface area contributed by atoms with Crippen LogP contribution in [0.25, 0.3) is 10.9 Å². The lowest BCUT2D eigenvalue weighted by molar-refractivity contribution is -0.115.